The predicted molar refractivity (Wildman–Crippen MR) is 71.9 cm³/mol. The second-order valence-electron chi connectivity index (χ2n) is 4.93. The highest BCUT2D eigenvalue weighted by atomic mass is 16.5. The smallest absolute Gasteiger partial charge is 0.317 e. The molecule has 1 heterocycles. The monoisotopic (exact) mass is 278 g/mol. The van der Waals surface area contributed by atoms with E-state index < -0.39 is 11.9 Å². The molecule has 0 aromatic carbocycles. The van der Waals surface area contributed by atoms with Gasteiger partial charge in [-0.25, -0.2) is 0 Å². The Kier molecular flexibility index (Phi) is 4.22. The zero-order valence-electron chi connectivity index (χ0n) is 11.8. The van der Waals surface area contributed by atoms with Gasteiger partial charge in [0.1, 0.15) is 11.7 Å². The van der Waals surface area contributed by atoms with Crippen LogP contribution < -0.4 is 5.32 Å². The van der Waals surface area contributed by atoms with E-state index in [0.717, 1.165) is 5.70 Å². The Hall–Kier alpha value is -2.11. The third-order valence-electron chi connectivity index (χ3n) is 3.19. The molecule has 1 aliphatic carbocycles. The van der Waals surface area contributed by atoms with Crippen molar-refractivity contribution in [3.63, 3.8) is 0 Å². The van der Waals surface area contributed by atoms with E-state index in [1.54, 1.807) is 19.9 Å². The average Bonchev–Trinajstić information content (AvgIpc) is 2.74. The third kappa shape index (κ3) is 3.07. The number of esters is 1. The fourth-order valence-corrected chi connectivity index (χ4v) is 2.32. The second-order valence-corrected chi connectivity index (χ2v) is 4.93. The number of hydrogen-bond acceptors (Lipinski definition) is 6. The van der Waals surface area contributed by atoms with Gasteiger partial charge in [0, 0.05) is 17.8 Å². The van der Waals surface area contributed by atoms with Crippen LogP contribution in [0, 0.1) is 18.8 Å². The number of anilines is 1. The lowest BCUT2D eigenvalue weighted by Gasteiger charge is -2.25. The molecule has 6 heteroatoms. The van der Waals surface area contributed by atoms with E-state index in [9.17, 15) is 9.59 Å². The van der Waals surface area contributed by atoms with Gasteiger partial charge in [-0.15, -0.1) is 0 Å². The first-order valence-electron chi connectivity index (χ1n) is 6.62. The second kappa shape index (κ2) is 5.90. The molecule has 0 spiro atoms. The molecule has 0 amide bonds. The maximum absolute atomic E-state index is 12.1. The number of ether oxygens (including phenoxy) is 1. The molecule has 0 radical (unpaired) electrons. The summed E-state index contributed by atoms with van der Waals surface area (Å²) in [5.74, 6) is -0.250. The number of rotatable bonds is 4. The lowest BCUT2D eigenvalue weighted by Crippen LogP contribution is -2.35. The molecule has 1 aliphatic rings. The lowest BCUT2D eigenvalue weighted by molar-refractivity contribution is -0.152. The molecular weight excluding hydrogens is 260 g/mol. The van der Waals surface area contributed by atoms with Gasteiger partial charge in [0.15, 0.2) is 11.6 Å². The molecule has 0 fully saturated rings. The van der Waals surface area contributed by atoms with Crippen molar-refractivity contribution in [3.8, 4) is 0 Å². The molecule has 2 rings (SSSR count). The van der Waals surface area contributed by atoms with Crippen molar-refractivity contribution in [2.45, 2.75) is 27.2 Å². The molecule has 0 aliphatic heterocycles. The van der Waals surface area contributed by atoms with Gasteiger partial charge in [-0.3, -0.25) is 9.59 Å². The number of aromatic nitrogens is 1. The summed E-state index contributed by atoms with van der Waals surface area (Å²) in [5, 5.41) is 6.85. The SMILES string of the molecule is CCOC(=O)[C@H]1C(=O)C=C(Nc2cc(C)on2)C[C@@H]1C. The van der Waals surface area contributed by atoms with E-state index in [2.05, 4.69) is 10.5 Å². The first-order valence-corrected chi connectivity index (χ1v) is 6.62. The largest absolute Gasteiger partial charge is 0.465 e. The first-order chi connectivity index (χ1) is 9.51. The van der Waals surface area contributed by atoms with Crippen LogP contribution in [0.25, 0.3) is 0 Å². The van der Waals surface area contributed by atoms with Crippen molar-refractivity contribution in [1.29, 1.82) is 0 Å². The number of nitrogens with one attached hydrogen (secondary N) is 1. The van der Waals surface area contributed by atoms with Crippen LogP contribution >= 0.6 is 0 Å². The quantitative estimate of drug-likeness (QED) is 0.670. The minimum atomic E-state index is -0.709. The van der Waals surface area contributed by atoms with E-state index in [-0.39, 0.29) is 18.3 Å². The van der Waals surface area contributed by atoms with Gasteiger partial charge in [0.2, 0.25) is 0 Å². The van der Waals surface area contributed by atoms with Crippen LogP contribution in [0.15, 0.2) is 22.4 Å². The summed E-state index contributed by atoms with van der Waals surface area (Å²) in [6.45, 7) is 5.66. The van der Waals surface area contributed by atoms with Crippen molar-refractivity contribution >= 4 is 17.6 Å². The average molecular weight is 278 g/mol. The topological polar surface area (TPSA) is 81.4 Å². The summed E-state index contributed by atoms with van der Waals surface area (Å²) >= 11 is 0. The lowest BCUT2D eigenvalue weighted by atomic mass is 9.82. The molecule has 0 saturated heterocycles. The molecule has 1 N–H and O–H groups in total. The molecule has 2 atom stereocenters. The maximum atomic E-state index is 12.1. The summed E-state index contributed by atoms with van der Waals surface area (Å²) < 4.78 is 9.89. The Labute approximate surface area is 117 Å². The third-order valence-corrected chi connectivity index (χ3v) is 3.19. The van der Waals surface area contributed by atoms with Crippen molar-refractivity contribution < 1.29 is 18.8 Å². The number of carbonyl (C=O) groups is 2. The van der Waals surface area contributed by atoms with Gasteiger partial charge in [-0.2, -0.15) is 0 Å². The van der Waals surface area contributed by atoms with Gasteiger partial charge in [-0.05, 0) is 26.2 Å². The van der Waals surface area contributed by atoms with E-state index in [1.165, 1.54) is 6.08 Å². The van der Waals surface area contributed by atoms with E-state index in [0.29, 0.717) is 18.0 Å². The van der Waals surface area contributed by atoms with Crippen molar-refractivity contribution in [2.24, 2.45) is 11.8 Å². The molecule has 20 heavy (non-hydrogen) atoms. The van der Waals surface area contributed by atoms with E-state index in [1.807, 2.05) is 6.92 Å². The van der Waals surface area contributed by atoms with Gasteiger partial charge in [0.25, 0.3) is 0 Å². The van der Waals surface area contributed by atoms with Crippen LogP contribution in [0.1, 0.15) is 26.0 Å². The summed E-state index contributed by atoms with van der Waals surface area (Å²) in [6.07, 6.45) is 2.03. The molecule has 1 aromatic heterocycles. The van der Waals surface area contributed by atoms with Crippen LogP contribution in [-0.2, 0) is 14.3 Å². The summed E-state index contributed by atoms with van der Waals surface area (Å²) in [6, 6.07) is 1.74. The highest BCUT2D eigenvalue weighted by molar-refractivity contribution is 6.06. The highest BCUT2D eigenvalue weighted by Gasteiger charge is 2.36. The summed E-state index contributed by atoms with van der Waals surface area (Å²) in [4.78, 5) is 23.8. The van der Waals surface area contributed by atoms with E-state index >= 15 is 0 Å². The normalized spacial score (nSPS) is 22.4. The van der Waals surface area contributed by atoms with Crippen LogP contribution in [-0.4, -0.2) is 23.5 Å². The van der Waals surface area contributed by atoms with Crippen molar-refractivity contribution in [3.05, 3.63) is 23.6 Å². The Balaban J connectivity index is 2.09. The van der Waals surface area contributed by atoms with Crippen LogP contribution in [0.4, 0.5) is 5.82 Å². The van der Waals surface area contributed by atoms with Gasteiger partial charge in [0.05, 0.1) is 6.61 Å². The fourth-order valence-electron chi connectivity index (χ4n) is 2.32. The molecule has 108 valence electrons. The Morgan fingerprint density at radius 3 is 2.90 bits per heavy atom. The van der Waals surface area contributed by atoms with Crippen LogP contribution in [0.3, 0.4) is 0 Å². The first kappa shape index (κ1) is 14.3. The molecular formula is C14H18N2O4. The fraction of sp³-hybridized carbons (Fsp3) is 0.500. The summed E-state index contributed by atoms with van der Waals surface area (Å²) in [7, 11) is 0. The predicted octanol–water partition coefficient (Wildman–Crippen LogP) is 2.07. The Bertz CT molecular complexity index is 547. The highest BCUT2D eigenvalue weighted by Crippen LogP contribution is 2.28. The minimum absolute atomic E-state index is 0.109. The molecule has 0 bridgehead atoms. The Morgan fingerprint density at radius 2 is 2.35 bits per heavy atom. The number of ketones is 1. The number of nitrogens with zero attached hydrogens (tertiary/aromatic N) is 1. The van der Waals surface area contributed by atoms with Gasteiger partial charge >= 0.3 is 5.97 Å². The summed E-state index contributed by atoms with van der Waals surface area (Å²) in [5.41, 5.74) is 0.733. The number of carbonyl (C=O) groups excluding carboxylic acids is 2. The van der Waals surface area contributed by atoms with Crippen molar-refractivity contribution in [1.82, 2.24) is 5.16 Å². The molecule has 6 nitrogen and oxygen atoms in total. The molecule has 0 saturated carbocycles. The maximum Gasteiger partial charge on any atom is 0.317 e. The van der Waals surface area contributed by atoms with Crippen LogP contribution in [0.2, 0.25) is 0 Å². The Morgan fingerprint density at radius 1 is 1.60 bits per heavy atom. The standard InChI is InChI=1S/C14H18N2O4/c1-4-19-14(18)13-8(2)5-10(7-11(13)17)15-12-6-9(3)20-16-12/h6-8,13H,4-5H2,1-3H3,(H,15,16)/t8-,13+/m0/s1. The van der Waals surface area contributed by atoms with Gasteiger partial charge in [-0.1, -0.05) is 12.1 Å². The minimum Gasteiger partial charge on any atom is -0.465 e. The molecule has 0 unspecified atom stereocenters. The van der Waals surface area contributed by atoms with Crippen molar-refractivity contribution in [2.75, 3.05) is 11.9 Å². The number of aryl methyl sites for hydroxylation is 1. The molecule has 1 aromatic rings. The van der Waals surface area contributed by atoms with Gasteiger partial charge < -0.3 is 14.6 Å². The number of hydrogen-bond donors (Lipinski definition) is 1. The van der Waals surface area contributed by atoms with E-state index in [4.69, 9.17) is 9.26 Å². The number of allylic oxidation sites excluding steroid dienone is 2. The zero-order chi connectivity index (χ0) is 14.7. The zero-order valence-corrected chi connectivity index (χ0v) is 11.8. The van der Waals surface area contributed by atoms with Crippen LogP contribution in [0.5, 0.6) is 0 Å².